The number of rotatable bonds is 6. The van der Waals surface area contributed by atoms with Crippen LogP contribution in [0.25, 0.3) is 22.0 Å². The zero-order valence-electron chi connectivity index (χ0n) is 21.0. The normalized spacial score (nSPS) is 14.1. The Labute approximate surface area is 214 Å². The van der Waals surface area contributed by atoms with Crippen LogP contribution in [0.2, 0.25) is 0 Å². The van der Waals surface area contributed by atoms with Crippen molar-refractivity contribution in [2.45, 2.75) is 39.0 Å². The lowest BCUT2D eigenvalue weighted by Gasteiger charge is -2.31. The number of hydrogen-bond acceptors (Lipinski definition) is 6. The maximum atomic E-state index is 12.7. The first-order valence-electron chi connectivity index (χ1n) is 12.6. The summed E-state index contributed by atoms with van der Waals surface area (Å²) in [4.78, 5) is 50.0. The summed E-state index contributed by atoms with van der Waals surface area (Å²) in [5.41, 5.74) is 3.67. The Bertz CT molecular complexity index is 1500. The van der Waals surface area contributed by atoms with Crippen LogP contribution >= 0.6 is 0 Å². The average Bonchev–Trinajstić information content (AvgIpc) is 2.93. The van der Waals surface area contributed by atoms with Crippen molar-refractivity contribution >= 4 is 34.0 Å². The van der Waals surface area contributed by atoms with Crippen LogP contribution in [0.4, 0.5) is 11.5 Å². The molecule has 4 aromatic rings. The van der Waals surface area contributed by atoms with E-state index in [0.717, 1.165) is 42.6 Å². The van der Waals surface area contributed by atoms with E-state index in [1.54, 1.807) is 25.4 Å². The number of fused-ring (bicyclic) bond motifs is 1. The molecule has 0 atom stereocenters. The molecule has 0 aliphatic carbocycles. The Balaban J connectivity index is 1.43. The molecule has 1 amide bonds. The zero-order chi connectivity index (χ0) is 25.9. The number of anilines is 2. The number of nitrogens with one attached hydrogen (secondary N) is 2. The molecule has 8 heteroatoms. The Hall–Kier alpha value is -4.33. The highest BCUT2D eigenvalue weighted by atomic mass is 16.2. The van der Waals surface area contributed by atoms with E-state index in [1.807, 2.05) is 42.2 Å². The Morgan fingerprint density at radius 2 is 1.84 bits per heavy atom. The van der Waals surface area contributed by atoms with Crippen molar-refractivity contribution in [1.29, 1.82) is 0 Å². The van der Waals surface area contributed by atoms with Gasteiger partial charge < -0.3 is 15.2 Å². The van der Waals surface area contributed by atoms with Crippen LogP contribution in [0.3, 0.4) is 0 Å². The van der Waals surface area contributed by atoms with Gasteiger partial charge in [0.2, 0.25) is 5.91 Å². The maximum Gasteiger partial charge on any atom is 0.259 e. The summed E-state index contributed by atoms with van der Waals surface area (Å²) >= 11 is 0. The molecule has 1 aliphatic heterocycles. The number of likely N-dealkylation sites (tertiary alicyclic amines) is 1. The number of carbonyl (C=O) groups is 2. The number of benzene rings is 1. The van der Waals surface area contributed by atoms with E-state index < -0.39 is 0 Å². The molecule has 37 heavy (non-hydrogen) atoms. The van der Waals surface area contributed by atoms with E-state index in [9.17, 15) is 14.4 Å². The predicted octanol–water partition coefficient (Wildman–Crippen LogP) is 5.05. The molecule has 1 fully saturated rings. The first-order chi connectivity index (χ1) is 17.9. The highest BCUT2D eigenvalue weighted by molar-refractivity contribution is 5.96. The molecule has 4 heterocycles. The number of Topliss-reactive ketones (excluding diaryl/α,β-unsaturated/α-hetero) is 1. The van der Waals surface area contributed by atoms with Crippen LogP contribution in [0.5, 0.6) is 0 Å². The fourth-order valence-electron chi connectivity index (χ4n) is 4.85. The van der Waals surface area contributed by atoms with Gasteiger partial charge in [0, 0.05) is 50.1 Å². The van der Waals surface area contributed by atoms with E-state index in [2.05, 4.69) is 27.4 Å². The molecule has 188 valence electrons. The first-order valence-corrected chi connectivity index (χ1v) is 12.6. The quantitative estimate of drug-likeness (QED) is 0.363. The predicted molar refractivity (Wildman–Crippen MR) is 144 cm³/mol. The second-order valence-corrected chi connectivity index (χ2v) is 9.36. The van der Waals surface area contributed by atoms with E-state index in [1.165, 1.54) is 5.56 Å². The second kappa shape index (κ2) is 10.3. The maximum absolute atomic E-state index is 12.7. The smallest absolute Gasteiger partial charge is 0.259 e. The summed E-state index contributed by atoms with van der Waals surface area (Å²) in [6, 6.07) is 15.4. The number of carbonyl (C=O) groups excluding carboxylic acids is 2. The van der Waals surface area contributed by atoms with Crippen LogP contribution in [-0.2, 0) is 4.79 Å². The van der Waals surface area contributed by atoms with E-state index in [4.69, 9.17) is 4.98 Å². The molecule has 5 rings (SSSR count). The summed E-state index contributed by atoms with van der Waals surface area (Å²) < 4.78 is 0. The molecular weight excluding hydrogens is 466 g/mol. The van der Waals surface area contributed by atoms with Gasteiger partial charge in [-0.1, -0.05) is 19.1 Å². The van der Waals surface area contributed by atoms with Crippen molar-refractivity contribution in [3.63, 3.8) is 0 Å². The highest BCUT2D eigenvalue weighted by Gasteiger charge is 2.22. The minimum atomic E-state index is -0.227. The summed E-state index contributed by atoms with van der Waals surface area (Å²) in [5, 5.41) is 4.55. The minimum Gasteiger partial charge on any atom is -0.343 e. The number of piperidine rings is 1. The molecule has 3 aromatic heterocycles. The largest absolute Gasteiger partial charge is 0.343 e. The molecule has 0 radical (unpaired) electrons. The number of H-pyrrole nitrogens is 1. The first kappa shape index (κ1) is 24.4. The summed E-state index contributed by atoms with van der Waals surface area (Å²) in [6.45, 7) is 5.00. The van der Waals surface area contributed by atoms with E-state index in [-0.39, 0.29) is 17.2 Å². The van der Waals surface area contributed by atoms with Gasteiger partial charge in [0.1, 0.15) is 11.5 Å². The average molecular weight is 496 g/mol. The Kier molecular flexibility index (Phi) is 6.81. The topological polar surface area (TPSA) is 108 Å². The number of nitrogens with zero attached hydrogens (tertiary/aromatic N) is 3. The molecule has 8 nitrogen and oxygen atoms in total. The number of amides is 1. The SMILES string of the molecule is CCC(=O)c1ccc(-c2cc3cc[nH]c(=O)c3c(Nc3ccc(C4CCN(C(C)=O)CC4)cc3)n2)cn1. The lowest BCUT2D eigenvalue weighted by Crippen LogP contribution is -2.36. The van der Waals surface area contributed by atoms with Gasteiger partial charge in [-0.2, -0.15) is 0 Å². The van der Waals surface area contributed by atoms with Crippen molar-refractivity contribution in [2.24, 2.45) is 0 Å². The van der Waals surface area contributed by atoms with Crippen molar-refractivity contribution in [2.75, 3.05) is 18.4 Å². The third-order valence-electron chi connectivity index (χ3n) is 7.01. The third-order valence-corrected chi connectivity index (χ3v) is 7.01. The van der Waals surface area contributed by atoms with Crippen LogP contribution in [0.1, 0.15) is 55.1 Å². The summed E-state index contributed by atoms with van der Waals surface area (Å²) in [5.74, 6) is 0.992. The second-order valence-electron chi connectivity index (χ2n) is 9.36. The lowest BCUT2D eigenvalue weighted by atomic mass is 9.89. The fourth-order valence-corrected chi connectivity index (χ4v) is 4.85. The van der Waals surface area contributed by atoms with Crippen molar-refractivity contribution in [3.8, 4) is 11.3 Å². The monoisotopic (exact) mass is 495 g/mol. The fraction of sp³-hybridized carbons (Fsp3) is 0.276. The summed E-state index contributed by atoms with van der Waals surface area (Å²) in [7, 11) is 0. The molecule has 0 unspecified atom stereocenters. The molecular formula is C29H29N5O3. The Morgan fingerprint density at radius 1 is 1.08 bits per heavy atom. The van der Waals surface area contributed by atoms with Crippen molar-refractivity contribution in [1.82, 2.24) is 19.9 Å². The van der Waals surface area contributed by atoms with Crippen LogP contribution in [0.15, 0.2) is 65.7 Å². The molecule has 1 aromatic carbocycles. The number of aromatic amines is 1. The third kappa shape index (κ3) is 5.14. The summed E-state index contributed by atoms with van der Waals surface area (Å²) in [6.07, 6.45) is 5.55. The van der Waals surface area contributed by atoms with Gasteiger partial charge in [0.05, 0.1) is 11.1 Å². The molecule has 0 spiro atoms. The van der Waals surface area contributed by atoms with E-state index in [0.29, 0.717) is 34.9 Å². The molecule has 1 saturated heterocycles. The van der Waals surface area contributed by atoms with Crippen LogP contribution in [-0.4, -0.2) is 44.6 Å². The minimum absolute atomic E-state index is 0.0141. The van der Waals surface area contributed by atoms with Crippen LogP contribution in [0, 0.1) is 0 Å². The molecule has 0 bridgehead atoms. The van der Waals surface area contributed by atoms with Gasteiger partial charge in [-0.3, -0.25) is 19.4 Å². The van der Waals surface area contributed by atoms with E-state index >= 15 is 0 Å². The number of pyridine rings is 3. The van der Waals surface area contributed by atoms with Crippen molar-refractivity contribution in [3.05, 3.63) is 82.5 Å². The number of aromatic nitrogens is 3. The van der Waals surface area contributed by atoms with Gasteiger partial charge in [-0.05, 0) is 66.1 Å². The van der Waals surface area contributed by atoms with Gasteiger partial charge in [0.15, 0.2) is 5.78 Å². The molecule has 2 N–H and O–H groups in total. The Morgan fingerprint density at radius 3 is 2.49 bits per heavy atom. The van der Waals surface area contributed by atoms with Gasteiger partial charge in [-0.25, -0.2) is 4.98 Å². The molecule has 1 aliphatic rings. The van der Waals surface area contributed by atoms with Gasteiger partial charge in [0.25, 0.3) is 5.56 Å². The van der Waals surface area contributed by atoms with Gasteiger partial charge >= 0.3 is 0 Å². The zero-order valence-corrected chi connectivity index (χ0v) is 21.0. The lowest BCUT2D eigenvalue weighted by molar-refractivity contribution is -0.129. The van der Waals surface area contributed by atoms with Crippen LogP contribution < -0.4 is 10.9 Å². The van der Waals surface area contributed by atoms with Crippen molar-refractivity contribution < 1.29 is 9.59 Å². The number of ketones is 1. The van der Waals surface area contributed by atoms with Gasteiger partial charge in [-0.15, -0.1) is 0 Å². The highest BCUT2D eigenvalue weighted by Crippen LogP contribution is 2.31. The molecule has 0 saturated carbocycles. The number of hydrogen-bond donors (Lipinski definition) is 2. The standard InChI is InChI=1S/C29H29N5O3/c1-3-26(36)24-9-6-22(17-31-24)25-16-21-10-13-30-29(37)27(21)28(33-25)32-23-7-4-19(5-8-23)20-11-14-34(15-12-20)18(2)35/h4-10,13,16-17,20H,3,11-12,14-15H2,1-2H3,(H,30,37)(H,32,33).